The third kappa shape index (κ3) is 462. The molecule has 0 unspecified atom stereocenters. The Morgan fingerprint density at radius 3 is 1.14 bits per heavy atom. The molecule has 0 aliphatic heterocycles. The van der Waals surface area contributed by atoms with Crippen LogP contribution < -0.4 is 0 Å². The van der Waals surface area contributed by atoms with Crippen LogP contribution in [0.4, 0.5) is 0 Å². The predicted molar refractivity (Wildman–Crippen MR) is 38.6 cm³/mol. The standard InChI is InChI=1S/C3H8O.CH4.2ClH/c1-3(2)4;;;/h3-4H,1-2H3;1H4;2*1H. The molecule has 3 heteroatoms. The van der Waals surface area contributed by atoms with E-state index in [1.807, 2.05) is 0 Å². The van der Waals surface area contributed by atoms with Gasteiger partial charge >= 0.3 is 0 Å². The molecule has 50 valence electrons. The Morgan fingerprint density at radius 2 is 1.14 bits per heavy atom. The van der Waals surface area contributed by atoms with Crippen LogP contribution >= 0.6 is 24.8 Å². The molecule has 7 heavy (non-hydrogen) atoms. The van der Waals surface area contributed by atoms with Gasteiger partial charge in [-0.3, -0.25) is 0 Å². The molecule has 0 fully saturated rings. The zero-order valence-corrected chi connectivity index (χ0v) is 5.47. The summed E-state index contributed by atoms with van der Waals surface area (Å²) in [5.41, 5.74) is 0. The lowest BCUT2D eigenvalue weighted by Gasteiger charge is -1.80. The molecule has 0 spiro atoms. The average Bonchev–Trinajstić information content (AvgIpc) is 0.811. The van der Waals surface area contributed by atoms with Gasteiger partial charge in [-0.1, -0.05) is 7.43 Å². The average molecular weight is 149 g/mol. The number of hydrogen-bond donors (Lipinski definition) is 1. The first-order valence-corrected chi connectivity index (χ1v) is 1.41. The van der Waals surface area contributed by atoms with E-state index >= 15 is 0 Å². The van der Waals surface area contributed by atoms with Crippen molar-refractivity contribution in [3.05, 3.63) is 0 Å². The maximum absolute atomic E-state index is 8.06. The second kappa shape index (κ2) is 16.0. The maximum Gasteiger partial charge on any atom is 0.0483 e. The van der Waals surface area contributed by atoms with Gasteiger partial charge in [-0.2, -0.15) is 0 Å². The van der Waals surface area contributed by atoms with E-state index in [0.29, 0.717) is 0 Å². The van der Waals surface area contributed by atoms with Crippen molar-refractivity contribution in [2.24, 2.45) is 0 Å². The summed E-state index contributed by atoms with van der Waals surface area (Å²) >= 11 is 0. The minimum Gasteiger partial charge on any atom is -0.394 e. The monoisotopic (exact) mass is 148 g/mol. The Hall–Kier alpha value is 0.540. The van der Waals surface area contributed by atoms with Gasteiger partial charge in [0.15, 0.2) is 0 Å². The molecule has 0 amide bonds. The summed E-state index contributed by atoms with van der Waals surface area (Å²) in [5, 5.41) is 8.06. The lowest BCUT2D eigenvalue weighted by Crippen LogP contribution is -1.85. The van der Waals surface area contributed by atoms with E-state index in [-0.39, 0.29) is 38.3 Å². The van der Waals surface area contributed by atoms with Crippen molar-refractivity contribution in [1.82, 2.24) is 0 Å². The summed E-state index contributed by atoms with van der Waals surface area (Å²) in [4.78, 5) is 0. The van der Waals surface area contributed by atoms with Crippen LogP contribution in [-0.4, -0.2) is 11.2 Å². The van der Waals surface area contributed by atoms with E-state index in [0.717, 1.165) is 0 Å². The van der Waals surface area contributed by atoms with Gasteiger partial charge in [-0.15, -0.1) is 24.8 Å². The molecular weight excluding hydrogens is 135 g/mol. The highest BCUT2D eigenvalue weighted by Crippen LogP contribution is 1.65. The highest BCUT2D eigenvalue weighted by Gasteiger charge is 1.69. The number of halogens is 2. The predicted octanol–water partition coefficient (Wildman–Crippen LogP) is 1.87. The van der Waals surface area contributed by atoms with Gasteiger partial charge in [-0.25, -0.2) is 0 Å². The van der Waals surface area contributed by atoms with Gasteiger partial charge in [0.2, 0.25) is 0 Å². The van der Waals surface area contributed by atoms with Gasteiger partial charge in [-0.05, 0) is 13.8 Å². The van der Waals surface area contributed by atoms with Crippen molar-refractivity contribution in [3.8, 4) is 0 Å². The summed E-state index contributed by atoms with van der Waals surface area (Å²) in [5.74, 6) is 0. The molecule has 0 aliphatic carbocycles. The first-order chi connectivity index (χ1) is 1.73. The summed E-state index contributed by atoms with van der Waals surface area (Å²) in [6.45, 7) is 3.44. The zero-order chi connectivity index (χ0) is 3.58. The van der Waals surface area contributed by atoms with Crippen molar-refractivity contribution >= 4 is 24.8 Å². The third-order valence-electron chi connectivity index (χ3n) is 0. The molecule has 0 saturated carbocycles. The Labute approximate surface area is 57.9 Å². The van der Waals surface area contributed by atoms with Gasteiger partial charge in [0.05, 0.1) is 0 Å². The Morgan fingerprint density at radius 1 is 1.14 bits per heavy atom. The highest BCUT2D eigenvalue weighted by atomic mass is 35.5. The van der Waals surface area contributed by atoms with Crippen LogP contribution in [0, 0.1) is 0 Å². The van der Waals surface area contributed by atoms with Gasteiger partial charge in [0.1, 0.15) is 0 Å². The quantitative estimate of drug-likeness (QED) is 0.557. The first kappa shape index (κ1) is 25.7. The second-order valence-corrected chi connectivity index (χ2v) is 1.09. The van der Waals surface area contributed by atoms with E-state index < -0.39 is 0 Å². The highest BCUT2D eigenvalue weighted by molar-refractivity contribution is 5.85. The fourth-order valence-corrected chi connectivity index (χ4v) is 0. The fraction of sp³-hybridized carbons (Fsp3) is 1.00. The number of aliphatic hydroxyl groups is 1. The van der Waals surface area contributed by atoms with E-state index in [1.54, 1.807) is 13.8 Å². The number of hydrogen-bond acceptors (Lipinski definition) is 1. The molecule has 0 aliphatic rings. The maximum atomic E-state index is 8.06. The van der Waals surface area contributed by atoms with Gasteiger partial charge < -0.3 is 5.11 Å². The van der Waals surface area contributed by atoms with E-state index in [9.17, 15) is 0 Å². The van der Waals surface area contributed by atoms with Crippen molar-refractivity contribution in [2.45, 2.75) is 27.4 Å². The van der Waals surface area contributed by atoms with Crippen molar-refractivity contribution < 1.29 is 5.11 Å². The van der Waals surface area contributed by atoms with Crippen molar-refractivity contribution in [2.75, 3.05) is 0 Å². The second-order valence-electron chi connectivity index (χ2n) is 1.09. The van der Waals surface area contributed by atoms with Gasteiger partial charge in [0, 0.05) is 6.10 Å². The lowest BCUT2D eigenvalue weighted by molar-refractivity contribution is 0.216. The van der Waals surface area contributed by atoms with Gasteiger partial charge in [0.25, 0.3) is 0 Å². The molecular formula is C4H14Cl2O. The minimum atomic E-state index is -0.167. The molecule has 0 saturated heterocycles. The number of aliphatic hydroxyl groups excluding tert-OH is 1. The van der Waals surface area contributed by atoms with Crippen molar-refractivity contribution in [3.63, 3.8) is 0 Å². The molecule has 0 aromatic rings. The van der Waals surface area contributed by atoms with Crippen LogP contribution in [0.1, 0.15) is 21.3 Å². The molecule has 1 nitrogen and oxygen atoms in total. The Kier molecular flexibility index (Phi) is 58.9. The largest absolute Gasteiger partial charge is 0.394 e. The number of rotatable bonds is 0. The van der Waals surface area contributed by atoms with Crippen LogP contribution in [0.25, 0.3) is 0 Å². The van der Waals surface area contributed by atoms with Crippen LogP contribution in [0.5, 0.6) is 0 Å². The lowest BCUT2D eigenvalue weighted by atomic mass is 10.5. The topological polar surface area (TPSA) is 20.2 Å². The fourth-order valence-electron chi connectivity index (χ4n) is 0. The normalized spacial score (nSPS) is 5.14. The molecule has 1 N–H and O–H groups in total. The molecule has 0 bridgehead atoms. The third-order valence-corrected chi connectivity index (χ3v) is 0. The van der Waals surface area contributed by atoms with Crippen LogP contribution in [0.3, 0.4) is 0 Å². The van der Waals surface area contributed by atoms with E-state index in [2.05, 4.69) is 0 Å². The summed E-state index contributed by atoms with van der Waals surface area (Å²) < 4.78 is 0. The Bertz CT molecular complexity index is 14.4. The van der Waals surface area contributed by atoms with Crippen LogP contribution in [0.15, 0.2) is 0 Å². The Balaban J connectivity index is -0.0000000150. The molecule has 0 rings (SSSR count). The molecule has 0 heterocycles. The van der Waals surface area contributed by atoms with E-state index in [1.165, 1.54) is 0 Å². The SMILES string of the molecule is C.CC(C)O.Cl.Cl. The van der Waals surface area contributed by atoms with Crippen LogP contribution in [-0.2, 0) is 0 Å². The minimum absolute atomic E-state index is 0. The zero-order valence-electron chi connectivity index (χ0n) is 3.84. The van der Waals surface area contributed by atoms with Crippen molar-refractivity contribution in [1.29, 1.82) is 0 Å². The molecule has 0 aromatic heterocycles. The van der Waals surface area contributed by atoms with E-state index in [4.69, 9.17) is 5.11 Å². The van der Waals surface area contributed by atoms with Crippen LogP contribution in [0.2, 0.25) is 0 Å². The molecule has 0 atom stereocenters. The summed E-state index contributed by atoms with van der Waals surface area (Å²) in [6.07, 6.45) is -0.167. The molecule has 0 aromatic carbocycles. The summed E-state index contributed by atoms with van der Waals surface area (Å²) in [7, 11) is 0. The first-order valence-electron chi connectivity index (χ1n) is 1.41. The smallest absolute Gasteiger partial charge is 0.0483 e. The summed E-state index contributed by atoms with van der Waals surface area (Å²) in [6, 6.07) is 0. The molecule has 0 radical (unpaired) electrons.